The minimum Gasteiger partial charge on any atom is -0.507 e. The molecular weight excluding hydrogens is 166 g/mol. The molecule has 0 aliphatic carbocycles. The Morgan fingerprint density at radius 1 is 1.46 bits per heavy atom. The number of aliphatic hydroxyl groups is 1. The summed E-state index contributed by atoms with van der Waals surface area (Å²) in [7, 11) is 0. The number of para-hydroxylation sites is 1. The number of aliphatic hydroxyl groups excluding tert-OH is 1. The van der Waals surface area contributed by atoms with Crippen LogP contribution in [0.5, 0.6) is 5.75 Å². The van der Waals surface area contributed by atoms with E-state index in [-0.39, 0.29) is 18.3 Å². The molecule has 1 rings (SSSR count). The molecule has 0 saturated carbocycles. The van der Waals surface area contributed by atoms with E-state index in [4.69, 9.17) is 10.8 Å². The maximum Gasteiger partial charge on any atom is 0.124 e. The van der Waals surface area contributed by atoms with Gasteiger partial charge in [-0.15, -0.1) is 0 Å². The van der Waals surface area contributed by atoms with Crippen LogP contribution in [-0.4, -0.2) is 16.8 Å². The highest BCUT2D eigenvalue weighted by Crippen LogP contribution is 2.28. The van der Waals surface area contributed by atoms with Crippen LogP contribution in [0.2, 0.25) is 0 Å². The fourth-order valence-corrected chi connectivity index (χ4v) is 1.26. The summed E-state index contributed by atoms with van der Waals surface area (Å²) in [6.07, 6.45) is 0. The van der Waals surface area contributed by atoms with Crippen molar-refractivity contribution < 1.29 is 10.2 Å². The standard InChI is InChI=1S/C10H15NO2/c1-7(5-11)9-4-2-3-8(6-12)10(9)13/h2-4,7,12-13H,5-6,11H2,1H3. The van der Waals surface area contributed by atoms with E-state index < -0.39 is 0 Å². The van der Waals surface area contributed by atoms with E-state index >= 15 is 0 Å². The van der Waals surface area contributed by atoms with Crippen molar-refractivity contribution in [1.82, 2.24) is 0 Å². The summed E-state index contributed by atoms with van der Waals surface area (Å²) in [6.45, 7) is 2.29. The third-order valence-electron chi connectivity index (χ3n) is 2.21. The molecule has 0 aliphatic rings. The van der Waals surface area contributed by atoms with Gasteiger partial charge in [0.05, 0.1) is 6.61 Å². The summed E-state index contributed by atoms with van der Waals surface area (Å²) in [6, 6.07) is 5.33. The molecule has 1 unspecified atom stereocenters. The molecule has 13 heavy (non-hydrogen) atoms. The van der Waals surface area contributed by atoms with Crippen LogP contribution in [0.3, 0.4) is 0 Å². The molecule has 0 aliphatic heterocycles. The van der Waals surface area contributed by atoms with Gasteiger partial charge in [0.15, 0.2) is 0 Å². The van der Waals surface area contributed by atoms with Crippen LogP contribution < -0.4 is 5.73 Å². The van der Waals surface area contributed by atoms with Crippen LogP contribution in [0.1, 0.15) is 24.0 Å². The van der Waals surface area contributed by atoms with Gasteiger partial charge in [-0.1, -0.05) is 25.1 Å². The lowest BCUT2D eigenvalue weighted by Gasteiger charge is -2.12. The molecule has 1 atom stereocenters. The van der Waals surface area contributed by atoms with Crippen molar-refractivity contribution in [1.29, 1.82) is 0 Å². The molecular formula is C10H15NO2. The van der Waals surface area contributed by atoms with E-state index in [0.717, 1.165) is 5.56 Å². The Morgan fingerprint density at radius 3 is 2.69 bits per heavy atom. The number of rotatable bonds is 3. The number of hydrogen-bond acceptors (Lipinski definition) is 3. The molecule has 0 bridgehead atoms. The summed E-state index contributed by atoms with van der Waals surface area (Å²) in [5, 5.41) is 18.6. The third kappa shape index (κ3) is 1.99. The highest BCUT2D eigenvalue weighted by atomic mass is 16.3. The summed E-state index contributed by atoms with van der Waals surface area (Å²) >= 11 is 0. The fraction of sp³-hybridized carbons (Fsp3) is 0.400. The SMILES string of the molecule is CC(CN)c1cccc(CO)c1O. The zero-order valence-corrected chi connectivity index (χ0v) is 7.70. The van der Waals surface area contributed by atoms with Crippen LogP contribution in [0, 0.1) is 0 Å². The Kier molecular flexibility index (Phi) is 3.28. The predicted octanol–water partition coefficient (Wildman–Crippen LogP) is 0.947. The van der Waals surface area contributed by atoms with Crippen LogP contribution >= 0.6 is 0 Å². The van der Waals surface area contributed by atoms with Crippen molar-refractivity contribution in [2.24, 2.45) is 5.73 Å². The van der Waals surface area contributed by atoms with Gasteiger partial charge in [-0.05, 0) is 18.0 Å². The molecule has 0 spiro atoms. The van der Waals surface area contributed by atoms with E-state index in [0.29, 0.717) is 12.1 Å². The second kappa shape index (κ2) is 4.25. The topological polar surface area (TPSA) is 66.5 Å². The maximum absolute atomic E-state index is 9.67. The van der Waals surface area contributed by atoms with Crippen LogP contribution in [-0.2, 0) is 6.61 Å². The number of nitrogens with two attached hydrogens (primary N) is 1. The largest absolute Gasteiger partial charge is 0.507 e. The second-order valence-corrected chi connectivity index (χ2v) is 3.15. The van der Waals surface area contributed by atoms with Gasteiger partial charge < -0.3 is 15.9 Å². The molecule has 4 N–H and O–H groups in total. The molecule has 0 saturated heterocycles. The fourth-order valence-electron chi connectivity index (χ4n) is 1.26. The Hall–Kier alpha value is -1.06. The van der Waals surface area contributed by atoms with E-state index in [2.05, 4.69) is 0 Å². The molecule has 0 amide bonds. The van der Waals surface area contributed by atoms with Gasteiger partial charge in [0, 0.05) is 5.56 Å². The first-order chi connectivity index (χ1) is 6.20. The Bertz CT molecular complexity index is 286. The van der Waals surface area contributed by atoms with Crippen molar-refractivity contribution in [3.05, 3.63) is 29.3 Å². The van der Waals surface area contributed by atoms with Gasteiger partial charge in [-0.25, -0.2) is 0 Å². The third-order valence-corrected chi connectivity index (χ3v) is 2.21. The number of aromatic hydroxyl groups is 1. The van der Waals surface area contributed by atoms with E-state index in [1.807, 2.05) is 19.1 Å². The van der Waals surface area contributed by atoms with Gasteiger partial charge in [-0.3, -0.25) is 0 Å². The molecule has 72 valence electrons. The first-order valence-electron chi connectivity index (χ1n) is 4.32. The van der Waals surface area contributed by atoms with E-state index in [1.165, 1.54) is 0 Å². The van der Waals surface area contributed by atoms with E-state index in [9.17, 15) is 5.11 Å². The monoisotopic (exact) mass is 181 g/mol. The number of phenols is 1. The lowest BCUT2D eigenvalue weighted by atomic mass is 9.98. The van der Waals surface area contributed by atoms with Crippen molar-refractivity contribution in [3.8, 4) is 5.75 Å². The maximum atomic E-state index is 9.67. The first kappa shape index (κ1) is 10.0. The average Bonchev–Trinajstić information content (AvgIpc) is 2.17. The molecule has 0 fully saturated rings. The Morgan fingerprint density at radius 2 is 2.15 bits per heavy atom. The zero-order valence-electron chi connectivity index (χ0n) is 7.70. The van der Waals surface area contributed by atoms with E-state index in [1.54, 1.807) is 6.07 Å². The molecule has 0 aromatic heterocycles. The minimum absolute atomic E-state index is 0.117. The molecule has 3 nitrogen and oxygen atoms in total. The Labute approximate surface area is 77.8 Å². The van der Waals surface area contributed by atoms with Crippen LogP contribution in [0.25, 0.3) is 0 Å². The first-order valence-corrected chi connectivity index (χ1v) is 4.32. The lowest BCUT2D eigenvalue weighted by Crippen LogP contribution is -2.09. The van der Waals surface area contributed by atoms with Crippen LogP contribution in [0.15, 0.2) is 18.2 Å². The molecule has 0 heterocycles. The minimum atomic E-state index is -0.142. The van der Waals surface area contributed by atoms with Crippen LogP contribution in [0.4, 0.5) is 0 Å². The summed E-state index contributed by atoms with van der Waals surface area (Å²) < 4.78 is 0. The number of hydrogen-bond donors (Lipinski definition) is 3. The lowest BCUT2D eigenvalue weighted by molar-refractivity contribution is 0.275. The predicted molar refractivity (Wildman–Crippen MR) is 51.5 cm³/mol. The van der Waals surface area contributed by atoms with Crippen molar-refractivity contribution in [2.45, 2.75) is 19.4 Å². The molecule has 1 aromatic carbocycles. The zero-order chi connectivity index (χ0) is 9.84. The average molecular weight is 181 g/mol. The van der Waals surface area contributed by atoms with Crippen molar-refractivity contribution in [2.75, 3.05) is 6.54 Å². The molecule has 1 aromatic rings. The Balaban J connectivity index is 3.08. The summed E-state index contributed by atoms with van der Waals surface area (Å²) in [5.74, 6) is 0.287. The van der Waals surface area contributed by atoms with Gasteiger partial charge in [0.2, 0.25) is 0 Å². The smallest absolute Gasteiger partial charge is 0.124 e. The normalized spacial score (nSPS) is 12.8. The van der Waals surface area contributed by atoms with Crippen molar-refractivity contribution in [3.63, 3.8) is 0 Å². The highest BCUT2D eigenvalue weighted by molar-refractivity contribution is 5.41. The highest BCUT2D eigenvalue weighted by Gasteiger charge is 2.10. The second-order valence-electron chi connectivity index (χ2n) is 3.15. The quantitative estimate of drug-likeness (QED) is 0.650. The van der Waals surface area contributed by atoms with Gasteiger partial charge in [0.1, 0.15) is 5.75 Å². The molecule has 0 radical (unpaired) electrons. The molecule has 3 heteroatoms. The van der Waals surface area contributed by atoms with Crippen molar-refractivity contribution >= 4 is 0 Å². The summed E-state index contributed by atoms with van der Waals surface area (Å²) in [5.41, 5.74) is 6.84. The van der Waals surface area contributed by atoms with Gasteiger partial charge in [-0.2, -0.15) is 0 Å². The van der Waals surface area contributed by atoms with Gasteiger partial charge >= 0.3 is 0 Å². The number of benzene rings is 1. The van der Waals surface area contributed by atoms with Gasteiger partial charge in [0.25, 0.3) is 0 Å². The summed E-state index contributed by atoms with van der Waals surface area (Å²) in [4.78, 5) is 0.